The van der Waals surface area contributed by atoms with Crippen molar-refractivity contribution in [3.63, 3.8) is 0 Å². The maximum Gasteiger partial charge on any atom is 0.264 e. The quantitative estimate of drug-likeness (QED) is 0.328. The van der Waals surface area contributed by atoms with Crippen molar-refractivity contribution in [2.75, 3.05) is 18.0 Å². The molecule has 8 nitrogen and oxygen atoms in total. The number of ether oxygens (including phenoxy) is 1. The van der Waals surface area contributed by atoms with E-state index in [4.69, 9.17) is 16.3 Å². The molecule has 11 heteroatoms. The Balaban J connectivity index is 1.69. The van der Waals surface area contributed by atoms with Crippen LogP contribution in [0, 0.1) is 5.82 Å². The molecule has 1 atom stereocenters. The van der Waals surface area contributed by atoms with Gasteiger partial charge in [-0.05, 0) is 68.3 Å². The van der Waals surface area contributed by atoms with E-state index in [0.29, 0.717) is 5.75 Å². The van der Waals surface area contributed by atoms with Crippen LogP contribution in [-0.4, -0.2) is 50.9 Å². The smallest absolute Gasteiger partial charge is 0.264 e. The molecule has 0 spiro atoms. The van der Waals surface area contributed by atoms with Gasteiger partial charge in [-0.3, -0.25) is 13.9 Å². The van der Waals surface area contributed by atoms with Crippen LogP contribution in [0.4, 0.5) is 10.1 Å². The number of carbonyl (C=O) groups excluding carboxylic acids is 2. The molecule has 0 aliphatic heterocycles. The van der Waals surface area contributed by atoms with Crippen molar-refractivity contribution >= 4 is 39.1 Å². The van der Waals surface area contributed by atoms with Gasteiger partial charge in [-0.2, -0.15) is 0 Å². The Labute approximate surface area is 245 Å². The zero-order valence-corrected chi connectivity index (χ0v) is 24.5. The summed E-state index contributed by atoms with van der Waals surface area (Å²) in [5, 5.41) is 3.26. The Morgan fingerprint density at radius 3 is 2.37 bits per heavy atom. The van der Waals surface area contributed by atoms with E-state index in [1.54, 1.807) is 25.1 Å². The average molecular weight is 602 g/mol. The predicted molar refractivity (Wildman–Crippen MR) is 156 cm³/mol. The van der Waals surface area contributed by atoms with E-state index in [1.165, 1.54) is 66.6 Å². The Kier molecular flexibility index (Phi) is 9.88. The zero-order chi connectivity index (χ0) is 29.6. The van der Waals surface area contributed by atoms with Crippen LogP contribution < -0.4 is 14.4 Å². The van der Waals surface area contributed by atoms with Gasteiger partial charge in [0.15, 0.2) is 0 Å². The highest BCUT2D eigenvalue weighted by Crippen LogP contribution is 2.28. The van der Waals surface area contributed by atoms with Crippen molar-refractivity contribution in [2.24, 2.45) is 0 Å². The van der Waals surface area contributed by atoms with Gasteiger partial charge in [0.25, 0.3) is 10.0 Å². The summed E-state index contributed by atoms with van der Waals surface area (Å²) in [5.41, 5.74) is 0.365. The number of benzene rings is 3. The van der Waals surface area contributed by atoms with Gasteiger partial charge in [-0.15, -0.1) is 0 Å². The minimum Gasteiger partial charge on any atom is -0.497 e. The normalized spacial score (nSPS) is 14.3. The molecule has 1 saturated carbocycles. The summed E-state index contributed by atoms with van der Waals surface area (Å²) in [7, 11) is -2.81. The van der Waals surface area contributed by atoms with Crippen molar-refractivity contribution in [3.8, 4) is 5.75 Å². The number of nitrogens with one attached hydrogen (secondary N) is 1. The third kappa shape index (κ3) is 7.37. The summed E-state index contributed by atoms with van der Waals surface area (Å²) in [4.78, 5) is 28.3. The fourth-order valence-corrected chi connectivity index (χ4v) is 6.41. The number of anilines is 1. The minimum absolute atomic E-state index is 0.00812. The Hall–Kier alpha value is -3.63. The lowest BCUT2D eigenvalue weighted by atomic mass is 10.1. The highest BCUT2D eigenvalue weighted by atomic mass is 35.5. The number of hydrogen-bond acceptors (Lipinski definition) is 5. The first-order chi connectivity index (χ1) is 19.6. The summed E-state index contributed by atoms with van der Waals surface area (Å²) < 4.78 is 48.5. The van der Waals surface area contributed by atoms with Crippen LogP contribution in [0.1, 0.15) is 38.2 Å². The third-order valence-electron chi connectivity index (χ3n) is 7.19. The molecular formula is C30H33ClFN3O5S. The summed E-state index contributed by atoms with van der Waals surface area (Å²) in [6.07, 6.45) is 3.72. The molecule has 1 aliphatic rings. The molecule has 0 heterocycles. The molecule has 1 aliphatic carbocycles. The lowest BCUT2D eigenvalue weighted by Crippen LogP contribution is -2.52. The fourth-order valence-electron chi connectivity index (χ4n) is 4.82. The molecule has 1 fully saturated rings. The van der Waals surface area contributed by atoms with Crippen LogP contribution in [-0.2, 0) is 26.2 Å². The Morgan fingerprint density at radius 1 is 1.05 bits per heavy atom. The molecule has 0 bridgehead atoms. The number of rotatable bonds is 11. The highest BCUT2D eigenvalue weighted by Gasteiger charge is 2.33. The number of methoxy groups -OCH3 is 1. The van der Waals surface area contributed by atoms with Crippen LogP contribution in [0.5, 0.6) is 5.75 Å². The first kappa shape index (κ1) is 30.3. The molecule has 0 radical (unpaired) electrons. The Bertz CT molecular complexity index is 1480. The van der Waals surface area contributed by atoms with E-state index < -0.39 is 34.3 Å². The van der Waals surface area contributed by atoms with Gasteiger partial charge in [-0.1, -0.05) is 48.7 Å². The number of amides is 2. The van der Waals surface area contributed by atoms with Gasteiger partial charge in [0, 0.05) is 23.2 Å². The molecule has 0 saturated heterocycles. The summed E-state index contributed by atoms with van der Waals surface area (Å²) in [5.74, 6) is -1.13. The van der Waals surface area contributed by atoms with Gasteiger partial charge in [-0.25, -0.2) is 12.8 Å². The maximum absolute atomic E-state index is 14.7. The van der Waals surface area contributed by atoms with E-state index in [2.05, 4.69) is 5.32 Å². The van der Waals surface area contributed by atoms with Crippen molar-refractivity contribution in [1.29, 1.82) is 0 Å². The van der Waals surface area contributed by atoms with Crippen LogP contribution >= 0.6 is 11.6 Å². The van der Waals surface area contributed by atoms with E-state index in [1.807, 2.05) is 0 Å². The lowest BCUT2D eigenvalue weighted by molar-refractivity contribution is -0.139. The van der Waals surface area contributed by atoms with E-state index in [-0.39, 0.29) is 39.7 Å². The number of sulfonamides is 1. The van der Waals surface area contributed by atoms with Crippen LogP contribution in [0.25, 0.3) is 0 Å². The van der Waals surface area contributed by atoms with Gasteiger partial charge in [0.2, 0.25) is 11.8 Å². The number of halogens is 2. The molecule has 0 unspecified atom stereocenters. The van der Waals surface area contributed by atoms with Gasteiger partial charge >= 0.3 is 0 Å². The minimum atomic E-state index is -4.27. The molecule has 3 aromatic rings. The van der Waals surface area contributed by atoms with Gasteiger partial charge < -0.3 is 15.0 Å². The first-order valence-corrected chi connectivity index (χ1v) is 15.2. The zero-order valence-electron chi connectivity index (χ0n) is 22.9. The fraction of sp³-hybridized carbons (Fsp3) is 0.333. The molecule has 0 aromatic heterocycles. The summed E-state index contributed by atoms with van der Waals surface area (Å²) in [6.45, 7) is 0.686. The van der Waals surface area contributed by atoms with Gasteiger partial charge in [0.1, 0.15) is 24.2 Å². The Morgan fingerprint density at radius 2 is 1.73 bits per heavy atom. The number of carbonyl (C=O) groups is 2. The van der Waals surface area contributed by atoms with E-state index >= 15 is 0 Å². The van der Waals surface area contributed by atoms with E-state index in [0.717, 1.165) is 30.0 Å². The van der Waals surface area contributed by atoms with E-state index in [9.17, 15) is 22.4 Å². The molecule has 218 valence electrons. The monoisotopic (exact) mass is 601 g/mol. The predicted octanol–water partition coefficient (Wildman–Crippen LogP) is 5.16. The topological polar surface area (TPSA) is 96.0 Å². The second kappa shape index (κ2) is 13.4. The summed E-state index contributed by atoms with van der Waals surface area (Å²) in [6, 6.07) is 16.9. The molecular weight excluding hydrogens is 569 g/mol. The highest BCUT2D eigenvalue weighted by molar-refractivity contribution is 7.92. The second-order valence-corrected chi connectivity index (χ2v) is 12.2. The standard InChI is InChI=1S/C30H33ClFN3O5S/c1-21(30(37)33-24-10-4-5-11-24)34(19-22-8-3-6-13-28(22)32)29(36)20-35(25-12-7-9-23(31)18-25)41(38,39)27-16-14-26(40-2)15-17-27/h3,6-9,12-18,21,24H,4-5,10-11,19-20H2,1-2H3,(H,33,37)/t21-/m1/s1. The van der Waals surface area contributed by atoms with Crippen LogP contribution in [0.2, 0.25) is 5.02 Å². The van der Waals surface area contributed by atoms with Crippen molar-refractivity contribution < 1.29 is 27.1 Å². The lowest BCUT2D eigenvalue weighted by Gasteiger charge is -2.32. The van der Waals surface area contributed by atoms with Crippen LogP contribution in [0.3, 0.4) is 0 Å². The molecule has 41 heavy (non-hydrogen) atoms. The maximum atomic E-state index is 14.7. The largest absolute Gasteiger partial charge is 0.497 e. The summed E-state index contributed by atoms with van der Waals surface area (Å²) >= 11 is 6.19. The van der Waals surface area contributed by atoms with Crippen LogP contribution in [0.15, 0.2) is 77.7 Å². The molecule has 3 aromatic carbocycles. The average Bonchev–Trinajstić information content (AvgIpc) is 3.48. The van der Waals surface area contributed by atoms with Crippen molar-refractivity contribution in [2.45, 2.75) is 56.1 Å². The first-order valence-electron chi connectivity index (χ1n) is 13.4. The van der Waals surface area contributed by atoms with Gasteiger partial charge in [0.05, 0.1) is 17.7 Å². The van der Waals surface area contributed by atoms with Crippen molar-refractivity contribution in [3.05, 3.63) is 89.2 Å². The molecule has 2 amide bonds. The second-order valence-electron chi connectivity index (χ2n) is 9.95. The number of hydrogen-bond donors (Lipinski definition) is 1. The molecule has 1 N–H and O–H groups in total. The number of nitrogens with zero attached hydrogens (tertiary/aromatic N) is 2. The molecule has 4 rings (SSSR count). The van der Waals surface area contributed by atoms with Crippen molar-refractivity contribution in [1.82, 2.24) is 10.2 Å². The SMILES string of the molecule is COc1ccc(S(=O)(=O)N(CC(=O)N(Cc2ccccc2F)[C@H](C)C(=O)NC2CCCC2)c2cccc(Cl)c2)cc1. The third-order valence-corrected chi connectivity index (χ3v) is 9.21.